The van der Waals surface area contributed by atoms with E-state index in [0.717, 1.165) is 48.8 Å². The van der Waals surface area contributed by atoms with Gasteiger partial charge in [-0.15, -0.1) is 11.3 Å². The molecule has 5 nitrogen and oxygen atoms in total. The summed E-state index contributed by atoms with van der Waals surface area (Å²) in [5.41, 5.74) is 2.14. The van der Waals surface area contributed by atoms with Crippen LogP contribution < -0.4 is 4.90 Å². The molecule has 1 aliphatic carbocycles. The van der Waals surface area contributed by atoms with Gasteiger partial charge in [0.05, 0.1) is 5.39 Å². The summed E-state index contributed by atoms with van der Waals surface area (Å²) < 4.78 is 0. The molecule has 0 unspecified atom stereocenters. The molecule has 3 heterocycles. The minimum atomic E-state index is 0.0506. The maximum Gasteiger partial charge on any atom is 0.254 e. The number of hydrogen-bond donors (Lipinski definition) is 0. The van der Waals surface area contributed by atoms with Crippen LogP contribution in [-0.4, -0.2) is 47.0 Å². The van der Waals surface area contributed by atoms with Gasteiger partial charge in [-0.25, -0.2) is 9.97 Å². The highest BCUT2D eigenvalue weighted by atomic mass is 35.5. The highest BCUT2D eigenvalue weighted by molar-refractivity contribution is 7.19. The van der Waals surface area contributed by atoms with Gasteiger partial charge in [0.15, 0.2) is 0 Å². The Bertz CT molecular complexity index is 1170. The predicted octanol–water partition coefficient (Wildman–Crippen LogP) is 6.09. The number of nitrogens with zero attached hydrogens (tertiary/aromatic N) is 4. The number of halogens is 1. The van der Waals surface area contributed by atoms with Crippen LogP contribution in [0.3, 0.4) is 0 Å². The second kappa shape index (κ2) is 9.59. The van der Waals surface area contributed by atoms with Crippen molar-refractivity contribution in [2.75, 3.05) is 31.1 Å². The van der Waals surface area contributed by atoms with Crippen molar-refractivity contribution in [2.45, 2.75) is 58.3 Å². The fraction of sp³-hybridized carbons (Fsp3) is 0.500. The topological polar surface area (TPSA) is 49.3 Å². The summed E-state index contributed by atoms with van der Waals surface area (Å²) in [7, 11) is 0. The molecule has 174 valence electrons. The molecule has 2 aliphatic rings. The Morgan fingerprint density at radius 1 is 1.12 bits per heavy atom. The second-order valence-electron chi connectivity index (χ2n) is 9.25. The lowest BCUT2D eigenvalue weighted by Gasteiger charge is -2.36. The van der Waals surface area contributed by atoms with Crippen LogP contribution in [0.25, 0.3) is 10.2 Å². The fourth-order valence-electron chi connectivity index (χ4n) is 4.89. The first-order valence-electron chi connectivity index (χ1n) is 12.2. The van der Waals surface area contributed by atoms with Gasteiger partial charge in [-0.1, -0.05) is 37.9 Å². The first kappa shape index (κ1) is 22.6. The zero-order valence-electron chi connectivity index (χ0n) is 19.4. The molecular weight excluding hydrogens is 452 g/mol. The van der Waals surface area contributed by atoms with Crippen molar-refractivity contribution in [3.05, 3.63) is 51.1 Å². The van der Waals surface area contributed by atoms with E-state index >= 15 is 0 Å². The van der Waals surface area contributed by atoms with Crippen LogP contribution in [0.15, 0.2) is 24.3 Å². The number of fused-ring (bicyclic) bond motifs is 3. The van der Waals surface area contributed by atoms with E-state index in [1.807, 2.05) is 28.4 Å². The van der Waals surface area contributed by atoms with E-state index in [1.165, 1.54) is 35.1 Å². The number of thiophene rings is 1. The Hall–Kier alpha value is -2.18. The number of benzene rings is 1. The van der Waals surface area contributed by atoms with Crippen molar-refractivity contribution < 1.29 is 4.79 Å². The number of amides is 1. The maximum absolute atomic E-state index is 13.0. The molecule has 0 radical (unpaired) electrons. The van der Waals surface area contributed by atoms with Gasteiger partial charge in [0.25, 0.3) is 5.91 Å². The molecule has 0 bridgehead atoms. The average Bonchev–Trinajstić information content (AvgIpc) is 3.03. The summed E-state index contributed by atoms with van der Waals surface area (Å²) in [5.74, 6) is 2.42. The molecule has 1 fully saturated rings. The molecule has 1 saturated heterocycles. The highest BCUT2D eigenvalue weighted by Crippen LogP contribution is 2.40. The molecule has 5 rings (SSSR count). The van der Waals surface area contributed by atoms with Crippen LogP contribution in [0.1, 0.15) is 72.1 Å². The number of piperazine rings is 1. The smallest absolute Gasteiger partial charge is 0.254 e. The second-order valence-corrected chi connectivity index (χ2v) is 10.8. The van der Waals surface area contributed by atoms with E-state index in [1.54, 1.807) is 12.1 Å². The van der Waals surface area contributed by atoms with Crippen molar-refractivity contribution in [3.8, 4) is 0 Å². The van der Waals surface area contributed by atoms with Gasteiger partial charge in [-0.05, 0) is 55.9 Å². The largest absolute Gasteiger partial charge is 0.352 e. The lowest BCUT2D eigenvalue weighted by atomic mass is 10.1. The summed E-state index contributed by atoms with van der Waals surface area (Å²) in [5, 5.41) is 1.87. The van der Waals surface area contributed by atoms with Crippen LogP contribution in [0.5, 0.6) is 0 Å². The summed E-state index contributed by atoms with van der Waals surface area (Å²) >= 11 is 7.99. The molecule has 0 spiro atoms. The summed E-state index contributed by atoms with van der Waals surface area (Å²) in [6.07, 6.45) is 7.13. The summed E-state index contributed by atoms with van der Waals surface area (Å²) in [6.45, 7) is 7.34. The van der Waals surface area contributed by atoms with Crippen molar-refractivity contribution in [2.24, 2.45) is 0 Å². The number of rotatable bonds is 4. The third kappa shape index (κ3) is 4.47. The van der Waals surface area contributed by atoms with Crippen LogP contribution in [-0.2, 0) is 12.8 Å². The zero-order valence-corrected chi connectivity index (χ0v) is 21.0. The molecule has 7 heteroatoms. The Morgan fingerprint density at radius 3 is 2.67 bits per heavy atom. The van der Waals surface area contributed by atoms with Crippen molar-refractivity contribution >= 4 is 44.9 Å². The average molecular weight is 483 g/mol. The molecule has 1 aromatic carbocycles. The first-order chi connectivity index (χ1) is 16.0. The predicted molar refractivity (Wildman–Crippen MR) is 137 cm³/mol. The Balaban J connectivity index is 1.45. The summed E-state index contributed by atoms with van der Waals surface area (Å²) in [4.78, 5) is 30.2. The quantitative estimate of drug-likeness (QED) is 0.422. The van der Waals surface area contributed by atoms with E-state index in [0.29, 0.717) is 29.6 Å². The fourth-order valence-corrected chi connectivity index (χ4v) is 6.34. The SMILES string of the molecule is CC[C@H](C)c1nc(N2CCN(C(=O)c3cccc(Cl)c3)CC2)c2c3c(sc2n1)CCCCC3. The third-order valence-electron chi connectivity index (χ3n) is 7.05. The Labute approximate surface area is 204 Å². The number of carbonyl (C=O) groups excluding carboxylic acids is 1. The van der Waals surface area contributed by atoms with Gasteiger partial charge < -0.3 is 9.80 Å². The van der Waals surface area contributed by atoms with Crippen LogP contribution in [0.4, 0.5) is 5.82 Å². The van der Waals surface area contributed by atoms with Crippen molar-refractivity contribution in [3.63, 3.8) is 0 Å². The normalized spacial score (nSPS) is 17.7. The molecule has 33 heavy (non-hydrogen) atoms. The monoisotopic (exact) mass is 482 g/mol. The third-order valence-corrected chi connectivity index (χ3v) is 8.47. The summed E-state index contributed by atoms with van der Waals surface area (Å²) in [6, 6.07) is 7.23. The van der Waals surface area contributed by atoms with Gasteiger partial charge >= 0.3 is 0 Å². The highest BCUT2D eigenvalue weighted by Gasteiger charge is 2.28. The molecule has 0 saturated carbocycles. The molecule has 0 N–H and O–H groups in total. The molecule has 2 aromatic heterocycles. The van der Waals surface area contributed by atoms with Gasteiger partial charge in [-0.3, -0.25) is 4.79 Å². The van der Waals surface area contributed by atoms with Gasteiger partial charge in [0.2, 0.25) is 0 Å². The van der Waals surface area contributed by atoms with Crippen molar-refractivity contribution in [1.29, 1.82) is 0 Å². The van der Waals surface area contributed by atoms with E-state index < -0.39 is 0 Å². The van der Waals surface area contributed by atoms with Gasteiger partial charge in [-0.2, -0.15) is 0 Å². The minimum absolute atomic E-state index is 0.0506. The molecule has 1 amide bonds. The Morgan fingerprint density at radius 2 is 1.91 bits per heavy atom. The van der Waals surface area contributed by atoms with E-state index in [-0.39, 0.29) is 5.91 Å². The maximum atomic E-state index is 13.0. The number of anilines is 1. The number of aromatic nitrogens is 2. The van der Waals surface area contributed by atoms with Crippen molar-refractivity contribution in [1.82, 2.24) is 14.9 Å². The number of carbonyl (C=O) groups is 1. The van der Waals surface area contributed by atoms with Crippen LogP contribution >= 0.6 is 22.9 Å². The standard InChI is InChI=1S/C26H31ClN4OS/c1-3-17(2)23-28-24(22-20-10-5-4-6-11-21(20)33-25(22)29-23)30-12-14-31(15-13-30)26(32)18-8-7-9-19(27)16-18/h7-9,16-17H,3-6,10-15H2,1-2H3/t17-/m0/s1. The van der Waals surface area contributed by atoms with Crippen LogP contribution in [0, 0.1) is 0 Å². The minimum Gasteiger partial charge on any atom is -0.352 e. The lowest BCUT2D eigenvalue weighted by molar-refractivity contribution is 0.0746. The molecule has 1 aliphatic heterocycles. The molecule has 3 aromatic rings. The van der Waals surface area contributed by atoms with Gasteiger partial charge in [0.1, 0.15) is 16.5 Å². The first-order valence-corrected chi connectivity index (χ1v) is 13.4. The van der Waals surface area contributed by atoms with E-state index in [2.05, 4.69) is 18.7 Å². The Kier molecular flexibility index (Phi) is 6.57. The zero-order chi connectivity index (χ0) is 22.9. The van der Waals surface area contributed by atoms with E-state index in [4.69, 9.17) is 21.6 Å². The van der Waals surface area contributed by atoms with Crippen LogP contribution in [0.2, 0.25) is 5.02 Å². The lowest BCUT2D eigenvalue weighted by Crippen LogP contribution is -2.49. The number of hydrogen-bond acceptors (Lipinski definition) is 5. The molecular formula is C26H31ClN4OS. The number of aryl methyl sites for hydroxylation is 2. The van der Waals surface area contributed by atoms with Gasteiger partial charge in [0, 0.05) is 47.6 Å². The van der Waals surface area contributed by atoms with E-state index in [9.17, 15) is 4.79 Å². The molecule has 1 atom stereocenters.